The molecular formula is C17H22N6O4S. The van der Waals surface area contributed by atoms with Gasteiger partial charge in [0.2, 0.25) is 21.9 Å². The van der Waals surface area contributed by atoms with Gasteiger partial charge in [0.05, 0.1) is 13.7 Å². The van der Waals surface area contributed by atoms with Crippen molar-refractivity contribution in [2.24, 2.45) is 5.14 Å². The Balaban J connectivity index is 1.57. The fourth-order valence-corrected chi connectivity index (χ4v) is 3.66. The first kappa shape index (κ1) is 20.0. The van der Waals surface area contributed by atoms with Crippen LogP contribution in [0.4, 0.5) is 11.6 Å². The number of carbonyl (C=O) groups is 1. The molecule has 1 aromatic heterocycles. The minimum absolute atomic E-state index is 0.125. The number of ether oxygens (including phenoxy) is 1. The maximum Gasteiger partial charge on any atom is 0.241 e. The van der Waals surface area contributed by atoms with Crippen molar-refractivity contribution in [3.05, 3.63) is 36.7 Å². The summed E-state index contributed by atoms with van der Waals surface area (Å²) in [5.41, 5.74) is 0.339. The van der Waals surface area contributed by atoms with Crippen LogP contribution in [0.15, 0.2) is 41.6 Å². The average Bonchev–Trinajstić information content (AvgIpc) is 2.68. The smallest absolute Gasteiger partial charge is 0.241 e. The SMILES string of the molecule is COc1ccc(NC(=O)CN2CCN(c3ncccn3)CC2)cc1S(N)(=O)=O. The Morgan fingerprint density at radius 2 is 1.89 bits per heavy atom. The van der Waals surface area contributed by atoms with Crippen molar-refractivity contribution in [2.45, 2.75) is 4.90 Å². The van der Waals surface area contributed by atoms with Crippen molar-refractivity contribution >= 4 is 27.6 Å². The highest BCUT2D eigenvalue weighted by Crippen LogP contribution is 2.26. The monoisotopic (exact) mass is 406 g/mol. The predicted octanol–water partition coefficient (Wildman–Crippen LogP) is -0.107. The Labute approximate surface area is 163 Å². The fourth-order valence-electron chi connectivity index (χ4n) is 2.94. The van der Waals surface area contributed by atoms with E-state index in [0.717, 1.165) is 13.1 Å². The van der Waals surface area contributed by atoms with Gasteiger partial charge >= 0.3 is 0 Å². The molecule has 11 heteroatoms. The van der Waals surface area contributed by atoms with E-state index in [4.69, 9.17) is 9.88 Å². The van der Waals surface area contributed by atoms with E-state index in [0.29, 0.717) is 24.7 Å². The molecule has 1 aliphatic rings. The lowest BCUT2D eigenvalue weighted by molar-refractivity contribution is -0.117. The van der Waals surface area contributed by atoms with E-state index in [9.17, 15) is 13.2 Å². The van der Waals surface area contributed by atoms with Crippen molar-refractivity contribution in [1.82, 2.24) is 14.9 Å². The summed E-state index contributed by atoms with van der Waals surface area (Å²) in [6.07, 6.45) is 3.40. The first-order chi connectivity index (χ1) is 13.4. The molecule has 0 radical (unpaired) electrons. The number of benzene rings is 1. The van der Waals surface area contributed by atoms with E-state index in [2.05, 4.69) is 20.2 Å². The zero-order chi connectivity index (χ0) is 20.1. The molecule has 0 unspecified atom stereocenters. The number of hydrogen-bond acceptors (Lipinski definition) is 8. The molecule has 0 spiro atoms. The molecule has 1 aromatic carbocycles. The van der Waals surface area contributed by atoms with Crippen LogP contribution < -0.4 is 20.1 Å². The van der Waals surface area contributed by atoms with E-state index < -0.39 is 10.0 Å². The molecule has 28 heavy (non-hydrogen) atoms. The predicted molar refractivity (Wildman–Crippen MR) is 104 cm³/mol. The lowest BCUT2D eigenvalue weighted by Crippen LogP contribution is -2.49. The van der Waals surface area contributed by atoms with Crippen molar-refractivity contribution in [2.75, 3.05) is 50.1 Å². The number of nitrogens with two attached hydrogens (primary N) is 1. The van der Waals surface area contributed by atoms with E-state index in [-0.39, 0.29) is 23.1 Å². The summed E-state index contributed by atoms with van der Waals surface area (Å²) in [4.78, 5) is 24.7. The lowest BCUT2D eigenvalue weighted by atomic mass is 10.3. The number of primary sulfonamides is 1. The number of nitrogens with zero attached hydrogens (tertiary/aromatic N) is 4. The number of sulfonamides is 1. The zero-order valence-electron chi connectivity index (χ0n) is 15.4. The maximum absolute atomic E-state index is 12.3. The van der Waals surface area contributed by atoms with Crippen molar-refractivity contribution in [3.8, 4) is 5.75 Å². The Bertz CT molecular complexity index is 930. The van der Waals surface area contributed by atoms with Crippen LogP contribution >= 0.6 is 0 Å². The van der Waals surface area contributed by atoms with Gasteiger partial charge in [-0.3, -0.25) is 9.69 Å². The summed E-state index contributed by atoms with van der Waals surface area (Å²) < 4.78 is 28.4. The summed E-state index contributed by atoms with van der Waals surface area (Å²) in [5.74, 6) is 0.565. The second-order valence-corrected chi connectivity index (χ2v) is 7.80. The summed E-state index contributed by atoms with van der Waals surface area (Å²) in [6.45, 7) is 3.01. The number of piperazine rings is 1. The summed E-state index contributed by atoms with van der Waals surface area (Å²) in [6, 6.07) is 6.07. The molecule has 0 atom stereocenters. The number of methoxy groups -OCH3 is 1. The highest BCUT2D eigenvalue weighted by atomic mass is 32.2. The molecule has 1 saturated heterocycles. The number of carbonyl (C=O) groups excluding carboxylic acids is 1. The third-order valence-electron chi connectivity index (χ3n) is 4.33. The Morgan fingerprint density at radius 1 is 1.21 bits per heavy atom. The van der Waals surface area contributed by atoms with E-state index in [1.54, 1.807) is 24.5 Å². The molecular weight excluding hydrogens is 384 g/mol. The second-order valence-electron chi connectivity index (χ2n) is 6.27. The first-order valence-corrected chi connectivity index (χ1v) is 10.2. The van der Waals surface area contributed by atoms with Crippen LogP contribution in [0.3, 0.4) is 0 Å². The quantitative estimate of drug-likeness (QED) is 0.680. The molecule has 3 rings (SSSR count). The van der Waals surface area contributed by atoms with Gasteiger partial charge in [-0.2, -0.15) is 0 Å². The number of nitrogens with one attached hydrogen (secondary N) is 1. The van der Waals surface area contributed by atoms with Gasteiger partial charge in [-0.1, -0.05) is 0 Å². The van der Waals surface area contributed by atoms with Gasteiger partial charge in [-0.15, -0.1) is 0 Å². The van der Waals surface area contributed by atoms with E-state index in [1.165, 1.54) is 19.2 Å². The maximum atomic E-state index is 12.3. The molecule has 10 nitrogen and oxygen atoms in total. The molecule has 0 aliphatic carbocycles. The molecule has 1 fully saturated rings. The minimum atomic E-state index is -3.97. The van der Waals surface area contributed by atoms with Crippen LogP contribution in [0.2, 0.25) is 0 Å². The number of amides is 1. The molecule has 2 aromatic rings. The molecule has 0 bridgehead atoms. The normalized spacial score (nSPS) is 15.3. The van der Waals surface area contributed by atoms with Crippen LogP contribution in [-0.4, -0.2) is 69.0 Å². The minimum Gasteiger partial charge on any atom is -0.495 e. The van der Waals surface area contributed by atoms with Crippen LogP contribution in [0.1, 0.15) is 0 Å². The number of hydrogen-bond donors (Lipinski definition) is 2. The first-order valence-electron chi connectivity index (χ1n) is 8.62. The van der Waals surface area contributed by atoms with Crippen molar-refractivity contribution in [1.29, 1.82) is 0 Å². The average molecular weight is 406 g/mol. The summed E-state index contributed by atoms with van der Waals surface area (Å²) in [7, 11) is -2.62. The van der Waals surface area contributed by atoms with E-state index >= 15 is 0 Å². The lowest BCUT2D eigenvalue weighted by Gasteiger charge is -2.34. The van der Waals surface area contributed by atoms with E-state index in [1.807, 2.05) is 4.90 Å². The van der Waals surface area contributed by atoms with Crippen molar-refractivity contribution in [3.63, 3.8) is 0 Å². The standard InChI is InChI=1S/C17H22N6O4S/c1-27-14-4-3-13(11-15(14)28(18,25)26)21-16(24)12-22-7-9-23(10-8-22)17-19-5-2-6-20-17/h2-6,11H,7-10,12H2,1H3,(H,21,24)(H2,18,25,26). The Morgan fingerprint density at radius 3 is 2.50 bits per heavy atom. The van der Waals surface area contributed by atoms with Crippen molar-refractivity contribution < 1.29 is 17.9 Å². The highest BCUT2D eigenvalue weighted by Gasteiger charge is 2.21. The number of anilines is 2. The molecule has 1 aliphatic heterocycles. The summed E-state index contributed by atoms with van der Waals surface area (Å²) in [5, 5.41) is 7.90. The molecule has 150 valence electrons. The van der Waals surface area contributed by atoms with Crippen LogP contribution in [0, 0.1) is 0 Å². The second kappa shape index (κ2) is 8.50. The van der Waals surface area contributed by atoms with Crippen LogP contribution in [0.25, 0.3) is 0 Å². The van der Waals surface area contributed by atoms with Gasteiger partial charge in [0, 0.05) is 44.3 Å². The molecule has 2 heterocycles. The van der Waals surface area contributed by atoms with Crippen LogP contribution in [-0.2, 0) is 14.8 Å². The largest absolute Gasteiger partial charge is 0.495 e. The number of aromatic nitrogens is 2. The van der Waals surface area contributed by atoms with Gasteiger partial charge in [0.15, 0.2) is 0 Å². The fraction of sp³-hybridized carbons (Fsp3) is 0.353. The van der Waals surface area contributed by atoms with Gasteiger partial charge in [0.25, 0.3) is 0 Å². The Kier molecular flexibility index (Phi) is 6.07. The van der Waals surface area contributed by atoms with Gasteiger partial charge in [0.1, 0.15) is 10.6 Å². The third-order valence-corrected chi connectivity index (χ3v) is 5.26. The highest BCUT2D eigenvalue weighted by molar-refractivity contribution is 7.89. The van der Waals surface area contributed by atoms with Crippen LogP contribution in [0.5, 0.6) is 5.75 Å². The zero-order valence-corrected chi connectivity index (χ0v) is 16.2. The molecule has 3 N–H and O–H groups in total. The van der Waals surface area contributed by atoms with Gasteiger partial charge < -0.3 is 15.0 Å². The molecule has 1 amide bonds. The number of rotatable bonds is 6. The van der Waals surface area contributed by atoms with Gasteiger partial charge in [-0.25, -0.2) is 23.5 Å². The molecule has 0 saturated carbocycles. The topological polar surface area (TPSA) is 131 Å². The van der Waals surface area contributed by atoms with Gasteiger partial charge in [-0.05, 0) is 24.3 Å². The summed E-state index contributed by atoms with van der Waals surface area (Å²) >= 11 is 0. The Hall–Kier alpha value is -2.76. The third kappa shape index (κ3) is 4.94.